The van der Waals surface area contributed by atoms with E-state index < -0.39 is 0 Å². The van der Waals surface area contributed by atoms with Crippen LogP contribution >= 0.6 is 11.6 Å². The second kappa shape index (κ2) is 7.98. The number of hydrogen-bond donors (Lipinski definition) is 1. The molecule has 3 heterocycles. The lowest BCUT2D eigenvalue weighted by Gasteiger charge is -2.08. The van der Waals surface area contributed by atoms with E-state index in [-0.39, 0.29) is 5.82 Å². The topological polar surface area (TPSA) is 42.2 Å². The quantitative estimate of drug-likeness (QED) is 0.319. The number of hydrogen-bond acceptors (Lipinski definition) is 3. The largest absolute Gasteiger partial charge is 0.370 e. The van der Waals surface area contributed by atoms with E-state index in [1.54, 1.807) is 28.9 Å². The van der Waals surface area contributed by atoms with Crippen LogP contribution in [0.15, 0.2) is 60.8 Å². The number of anilines is 1. The molecule has 4 aromatic rings. The lowest BCUT2D eigenvalue weighted by Crippen LogP contribution is -2.02. The van der Waals surface area contributed by atoms with Crippen LogP contribution in [-0.4, -0.2) is 21.1 Å². The van der Waals surface area contributed by atoms with Crippen molar-refractivity contribution in [3.63, 3.8) is 0 Å². The fraction of sp³-hybridized carbons (Fsp3) is 0.182. The Hall–Kier alpha value is -2.92. The van der Waals surface area contributed by atoms with Crippen molar-refractivity contribution in [3.8, 4) is 22.4 Å². The summed E-state index contributed by atoms with van der Waals surface area (Å²) in [5, 5.41) is 8.59. The third kappa shape index (κ3) is 3.58. The average molecular weight is 395 g/mol. The van der Waals surface area contributed by atoms with Gasteiger partial charge in [0.25, 0.3) is 0 Å². The van der Waals surface area contributed by atoms with Crippen LogP contribution in [0, 0.1) is 5.82 Å². The normalized spacial score (nSPS) is 11.1. The number of nitrogens with zero attached hydrogens (tertiary/aromatic N) is 3. The van der Waals surface area contributed by atoms with Gasteiger partial charge in [0.05, 0.1) is 5.52 Å². The lowest BCUT2D eigenvalue weighted by atomic mass is 10.0. The Balaban J connectivity index is 1.88. The molecule has 4 rings (SSSR count). The molecule has 0 amide bonds. The minimum absolute atomic E-state index is 0.279. The Bertz CT molecular complexity index is 1110. The molecule has 28 heavy (non-hydrogen) atoms. The van der Waals surface area contributed by atoms with Gasteiger partial charge in [-0.25, -0.2) is 13.9 Å². The summed E-state index contributed by atoms with van der Waals surface area (Å²) in [5.41, 5.74) is 4.38. The Morgan fingerprint density at radius 3 is 2.68 bits per heavy atom. The van der Waals surface area contributed by atoms with Gasteiger partial charge in [0.1, 0.15) is 22.5 Å². The zero-order valence-electron chi connectivity index (χ0n) is 15.5. The van der Waals surface area contributed by atoms with Crippen LogP contribution in [0.25, 0.3) is 27.9 Å². The molecular formula is C22H20ClFN4. The van der Waals surface area contributed by atoms with Gasteiger partial charge in [0.15, 0.2) is 0 Å². The number of pyridine rings is 2. The Kier molecular flexibility index (Phi) is 5.26. The molecule has 0 radical (unpaired) electrons. The van der Waals surface area contributed by atoms with Gasteiger partial charge >= 0.3 is 0 Å². The van der Waals surface area contributed by atoms with Gasteiger partial charge in [-0.3, -0.25) is 0 Å². The second-order valence-electron chi connectivity index (χ2n) is 6.59. The minimum Gasteiger partial charge on any atom is -0.370 e. The fourth-order valence-electron chi connectivity index (χ4n) is 3.21. The van der Waals surface area contributed by atoms with Gasteiger partial charge in [-0.1, -0.05) is 31.0 Å². The molecule has 0 fully saturated rings. The Labute approximate surface area is 168 Å². The number of rotatable bonds is 6. The molecule has 0 unspecified atom stereocenters. The van der Waals surface area contributed by atoms with Crippen molar-refractivity contribution in [1.82, 2.24) is 14.6 Å². The van der Waals surface area contributed by atoms with E-state index in [2.05, 4.69) is 17.2 Å². The molecule has 142 valence electrons. The summed E-state index contributed by atoms with van der Waals surface area (Å²) in [4.78, 5) is 4.42. The van der Waals surface area contributed by atoms with E-state index in [9.17, 15) is 4.39 Å². The third-order valence-corrected chi connectivity index (χ3v) is 4.90. The van der Waals surface area contributed by atoms with E-state index in [4.69, 9.17) is 16.7 Å². The number of fused-ring (bicyclic) bond motifs is 1. The van der Waals surface area contributed by atoms with Crippen molar-refractivity contribution in [3.05, 3.63) is 71.8 Å². The van der Waals surface area contributed by atoms with Crippen LogP contribution in [0.2, 0.25) is 5.15 Å². The molecule has 0 saturated heterocycles. The maximum Gasteiger partial charge on any atom is 0.131 e. The van der Waals surface area contributed by atoms with Crippen molar-refractivity contribution >= 4 is 22.9 Å². The summed E-state index contributed by atoms with van der Waals surface area (Å²) >= 11 is 6.37. The number of aromatic nitrogens is 3. The Morgan fingerprint density at radius 2 is 1.89 bits per heavy atom. The molecule has 0 aliphatic rings. The van der Waals surface area contributed by atoms with E-state index in [1.807, 2.05) is 24.3 Å². The van der Waals surface area contributed by atoms with E-state index >= 15 is 0 Å². The predicted molar refractivity (Wildman–Crippen MR) is 112 cm³/mol. The molecule has 1 aromatic carbocycles. The molecular weight excluding hydrogens is 375 g/mol. The third-order valence-electron chi connectivity index (χ3n) is 4.61. The zero-order valence-corrected chi connectivity index (χ0v) is 16.2. The summed E-state index contributed by atoms with van der Waals surface area (Å²) < 4.78 is 15.1. The standard InChI is InChI=1S/C22H20ClFN4/c1-2-3-12-25-20-14-16(11-13-26-20)21-18-5-4-6-19(23)28(18)27-22(21)15-7-9-17(24)10-8-15/h4-11,13-14H,2-3,12H2,1H3,(H,25,26). The van der Waals surface area contributed by atoms with Crippen LogP contribution in [0.4, 0.5) is 10.2 Å². The number of benzene rings is 1. The average Bonchev–Trinajstić information content (AvgIpc) is 3.10. The molecule has 4 nitrogen and oxygen atoms in total. The van der Waals surface area contributed by atoms with Gasteiger partial charge in [0, 0.05) is 23.9 Å². The molecule has 0 aliphatic heterocycles. The monoisotopic (exact) mass is 394 g/mol. The molecule has 0 bridgehead atoms. The summed E-state index contributed by atoms with van der Waals surface area (Å²) in [6.45, 7) is 3.03. The molecule has 6 heteroatoms. The second-order valence-corrected chi connectivity index (χ2v) is 6.97. The van der Waals surface area contributed by atoms with Crippen LogP contribution < -0.4 is 5.32 Å². The first-order chi connectivity index (χ1) is 13.7. The summed E-state index contributed by atoms with van der Waals surface area (Å²) in [7, 11) is 0. The lowest BCUT2D eigenvalue weighted by molar-refractivity contribution is 0.628. The maximum absolute atomic E-state index is 13.4. The first-order valence-electron chi connectivity index (χ1n) is 9.31. The predicted octanol–water partition coefficient (Wildman–Crippen LogP) is 6.07. The molecule has 0 spiro atoms. The van der Waals surface area contributed by atoms with Gasteiger partial charge in [-0.05, 0) is 60.5 Å². The summed E-state index contributed by atoms with van der Waals surface area (Å²) in [5.74, 6) is 0.538. The van der Waals surface area contributed by atoms with Crippen molar-refractivity contribution in [2.45, 2.75) is 19.8 Å². The van der Waals surface area contributed by atoms with E-state index in [0.717, 1.165) is 53.1 Å². The first-order valence-corrected chi connectivity index (χ1v) is 9.68. The van der Waals surface area contributed by atoms with Crippen LogP contribution in [0.3, 0.4) is 0 Å². The van der Waals surface area contributed by atoms with E-state index in [1.165, 1.54) is 12.1 Å². The highest BCUT2D eigenvalue weighted by atomic mass is 35.5. The molecule has 0 atom stereocenters. The number of unbranched alkanes of at least 4 members (excludes halogenated alkanes) is 1. The fourth-order valence-corrected chi connectivity index (χ4v) is 3.41. The van der Waals surface area contributed by atoms with Gasteiger partial charge in [-0.15, -0.1) is 0 Å². The van der Waals surface area contributed by atoms with Gasteiger partial charge in [-0.2, -0.15) is 5.10 Å². The van der Waals surface area contributed by atoms with Crippen molar-refractivity contribution in [2.75, 3.05) is 11.9 Å². The molecule has 1 N–H and O–H groups in total. The molecule has 0 saturated carbocycles. The number of halogens is 2. The highest BCUT2D eigenvalue weighted by molar-refractivity contribution is 6.29. The van der Waals surface area contributed by atoms with Gasteiger partial charge < -0.3 is 5.32 Å². The molecule has 3 aromatic heterocycles. The Morgan fingerprint density at radius 1 is 1.07 bits per heavy atom. The smallest absolute Gasteiger partial charge is 0.131 e. The van der Waals surface area contributed by atoms with Gasteiger partial charge in [0.2, 0.25) is 0 Å². The summed E-state index contributed by atoms with van der Waals surface area (Å²) in [6, 6.07) is 16.0. The number of nitrogens with one attached hydrogen (secondary N) is 1. The van der Waals surface area contributed by atoms with Crippen molar-refractivity contribution in [1.29, 1.82) is 0 Å². The summed E-state index contributed by atoms with van der Waals surface area (Å²) in [6.07, 6.45) is 3.99. The molecule has 0 aliphatic carbocycles. The SMILES string of the molecule is CCCCNc1cc(-c2c(-c3ccc(F)cc3)nn3c(Cl)cccc23)ccn1. The minimum atomic E-state index is -0.279. The highest BCUT2D eigenvalue weighted by Crippen LogP contribution is 2.36. The van der Waals surface area contributed by atoms with Crippen LogP contribution in [0.1, 0.15) is 19.8 Å². The first kappa shape index (κ1) is 18.4. The van der Waals surface area contributed by atoms with Crippen molar-refractivity contribution < 1.29 is 4.39 Å². The van der Waals surface area contributed by atoms with E-state index in [0.29, 0.717) is 5.15 Å². The van der Waals surface area contributed by atoms with Crippen molar-refractivity contribution in [2.24, 2.45) is 0 Å². The maximum atomic E-state index is 13.4. The highest BCUT2D eigenvalue weighted by Gasteiger charge is 2.18. The van der Waals surface area contributed by atoms with Crippen LogP contribution in [-0.2, 0) is 0 Å². The van der Waals surface area contributed by atoms with Crippen LogP contribution in [0.5, 0.6) is 0 Å². The zero-order chi connectivity index (χ0) is 19.5.